The molecular formula is C28H43NO5S. The van der Waals surface area contributed by atoms with Gasteiger partial charge in [0.25, 0.3) is 0 Å². The van der Waals surface area contributed by atoms with E-state index in [1.165, 1.54) is 5.57 Å². The second-order valence-corrected chi connectivity index (χ2v) is 11.9. The molecule has 0 unspecified atom stereocenters. The molecule has 2 N–H and O–H groups in total. The van der Waals surface area contributed by atoms with Crippen molar-refractivity contribution in [3.8, 4) is 0 Å². The Morgan fingerprint density at radius 1 is 1.17 bits per heavy atom. The second kappa shape index (κ2) is 12.4. The zero-order valence-corrected chi connectivity index (χ0v) is 23.3. The van der Waals surface area contributed by atoms with Crippen molar-refractivity contribution in [3.63, 3.8) is 0 Å². The Labute approximate surface area is 214 Å². The van der Waals surface area contributed by atoms with Crippen molar-refractivity contribution in [2.45, 2.75) is 99.4 Å². The van der Waals surface area contributed by atoms with Crippen LogP contribution in [0.1, 0.15) is 84.9 Å². The zero-order valence-electron chi connectivity index (χ0n) is 22.5. The number of carbonyl (C=O) groups excluding carboxylic acids is 2. The van der Waals surface area contributed by atoms with Crippen LogP contribution in [0.5, 0.6) is 0 Å². The van der Waals surface area contributed by atoms with Gasteiger partial charge in [0.1, 0.15) is 11.9 Å². The van der Waals surface area contributed by atoms with E-state index >= 15 is 0 Å². The Bertz CT molecular complexity index is 947. The van der Waals surface area contributed by atoms with Crippen LogP contribution >= 0.6 is 11.3 Å². The van der Waals surface area contributed by atoms with Crippen LogP contribution in [-0.4, -0.2) is 45.3 Å². The van der Waals surface area contributed by atoms with Crippen LogP contribution in [0.3, 0.4) is 0 Å². The zero-order chi connectivity index (χ0) is 26.5. The maximum Gasteiger partial charge on any atom is 0.309 e. The molecule has 35 heavy (non-hydrogen) atoms. The minimum atomic E-state index is -1.22. The van der Waals surface area contributed by atoms with Gasteiger partial charge in [0.05, 0.1) is 34.7 Å². The highest BCUT2D eigenvalue weighted by Gasteiger charge is 2.42. The minimum Gasteiger partial charge on any atom is -0.457 e. The number of ketones is 1. The molecule has 6 atom stereocenters. The van der Waals surface area contributed by atoms with Gasteiger partial charge in [-0.3, -0.25) is 9.59 Å². The molecule has 0 aromatic carbocycles. The van der Waals surface area contributed by atoms with Crippen molar-refractivity contribution in [1.29, 1.82) is 0 Å². The summed E-state index contributed by atoms with van der Waals surface area (Å²) in [7, 11) is 0. The molecular weight excluding hydrogens is 462 g/mol. The molecule has 1 aromatic heterocycles. The molecule has 2 rings (SSSR count). The monoisotopic (exact) mass is 505 g/mol. The number of hydrogen-bond donors (Lipinski definition) is 2. The molecule has 0 saturated heterocycles. The summed E-state index contributed by atoms with van der Waals surface area (Å²) in [5, 5.41) is 24.6. The number of esters is 1. The fourth-order valence-corrected chi connectivity index (χ4v) is 5.09. The van der Waals surface area contributed by atoms with Crippen LogP contribution in [0.2, 0.25) is 0 Å². The van der Waals surface area contributed by atoms with Crippen molar-refractivity contribution in [1.82, 2.24) is 4.98 Å². The number of thiazole rings is 1. The van der Waals surface area contributed by atoms with Crippen molar-refractivity contribution >= 4 is 29.2 Å². The van der Waals surface area contributed by atoms with Gasteiger partial charge < -0.3 is 14.9 Å². The number of carbonyl (C=O) groups is 2. The standard InChI is InChI=1S/C28H43NO5S/c1-16-9-10-18(3)26(32)20(5)27(33)28(7,8)24(30)14-25(31)34-23(12-11-17(16)2)19(4)13-22-15-35-21(6)29-22/h11,13,15-16,18,20,23-24,26,30,32H,9-10,12,14H2,1-8H3/b17-11-,19-13+/t16-,18-,20+,23-,24-,26-/m0/s1. The number of nitrogens with zero attached hydrogens (tertiary/aromatic N) is 1. The van der Waals surface area contributed by atoms with Crippen molar-refractivity contribution < 1.29 is 24.5 Å². The van der Waals surface area contributed by atoms with E-state index in [-0.39, 0.29) is 18.1 Å². The van der Waals surface area contributed by atoms with Crippen molar-refractivity contribution in [2.75, 3.05) is 0 Å². The Balaban J connectivity index is 2.38. The van der Waals surface area contributed by atoms with Crippen LogP contribution in [0.25, 0.3) is 6.08 Å². The summed E-state index contributed by atoms with van der Waals surface area (Å²) in [5.74, 6) is -1.22. The fourth-order valence-electron chi connectivity index (χ4n) is 4.52. The Kier molecular flexibility index (Phi) is 10.4. The third kappa shape index (κ3) is 7.83. The molecule has 0 amide bonds. The molecule has 196 valence electrons. The lowest BCUT2D eigenvalue weighted by Crippen LogP contribution is -2.45. The van der Waals surface area contributed by atoms with Gasteiger partial charge in [-0.05, 0) is 57.1 Å². The largest absolute Gasteiger partial charge is 0.457 e. The lowest BCUT2D eigenvalue weighted by atomic mass is 9.72. The topological polar surface area (TPSA) is 96.7 Å². The molecule has 1 aliphatic heterocycles. The van der Waals surface area contributed by atoms with Gasteiger partial charge >= 0.3 is 5.97 Å². The van der Waals surface area contributed by atoms with Crippen LogP contribution in [-0.2, 0) is 14.3 Å². The Morgan fingerprint density at radius 3 is 2.43 bits per heavy atom. The predicted molar refractivity (Wildman–Crippen MR) is 141 cm³/mol. The molecule has 2 heterocycles. The molecule has 6 nitrogen and oxygen atoms in total. The minimum absolute atomic E-state index is 0.0606. The quantitative estimate of drug-likeness (QED) is 0.406. The number of cyclic esters (lactones) is 1. The smallest absolute Gasteiger partial charge is 0.309 e. The Hall–Kier alpha value is -1.83. The summed E-state index contributed by atoms with van der Waals surface area (Å²) >= 11 is 1.56. The summed E-state index contributed by atoms with van der Waals surface area (Å²) in [6.45, 7) is 15.0. The van der Waals surface area contributed by atoms with Crippen molar-refractivity contribution in [2.24, 2.45) is 23.2 Å². The van der Waals surface area contributed by atoms with Crippen LogP contribution < -0.4 is 0 Å². The average molecular weight is 506 g/mol. The van der Waals surface area contributed by atoms with Gasteiger partial charge in [-0.25, -0.2) is 4.98 Å². The molecule has 0 bridgehead atoms. The second-order valence-electron chi connectivity index (χ2n) is 10.9. The lowest BCUT2D eigenvalue weighted by Gasteiger charge is -2.34. The molecule has 0 radical (unpaired) electrons. The maximum atomic E-state index is 13.2. The van der Waals surface area contributed by atoms with E-state index in [1.54, 1.807) is 32.1 Å². The highest BCUT2D eigenvalue weighted by Crippen LogP contribution is 2.33. The van der Waals surface area contributed by atoms with Crippen LogP contribution in [0, 0.1) is 30.1 Å². The van der Waals surface area contributed by atoms with E-state index in [2.05, 4.69) is 24.9 Å². The summed E-state index contributed by atoms with van der Waals surface area (Å²) < 4.78 is 5.84. The number of aryl methyl sites for hydroxylation is 1. The van der Waals surface area contributed by atoms with E-state index in [1.807, 2.05) is 32.2 Å². The van der Waals surface area contributed by atoms with Crippen LogP contribution in [0.15, 0.2) is 22.6 Å². The average Bonchev–Trinajstić information content (AvgIpc) is 3.21. The number of aliphatic hydroxyl groups is 2. The first kappa shape index (κ1) is 29.4. The summed E-state index contributed by atoms with van der Waals surface area (Å²) in [4.78, 5) is 30.6. The Morgan fingerprint density at radius 2 is 1.83 bits per heavy atom. The number of rotatable bonds is 2. The molecule has 0 spiro atoms. The van der Waals surface area contributed by atoms with Crippen molar-refractivity contribution in [3.05, 3.63) is 33.3 Å². The van der Waals surface area contributed by atoms with E-state index in [0.717, 1.165) is 29.1 Å². The highest BCUT2D eigenvalue weighted by atomic mass is 32.1. The number of aliphatic hydroxyl groups excluding tert-OH is 2. The van der Waals surface area contributed by atoms with Gasteiger partial charge in [-0.15, -0.1) is 11.3 Å². The predicted octanol–water partition coefficient (Wildman–Crippen LogP) is 5.51. The van der Waals surface area contributed by atoms with Gasteiger partial charge in [-0.2, -0.15) is 0 Å². The normalized spacial score (nSPS) is 33.7. The molecule has 1 aromatic rings. The summed E-state index contributed by atoms with van der Waals surface area (Å²) in [6, 6.07) is 0. The van der Waals surface area contributed by atoms with Gasteiger partial charge in [0.15, 0.2) is 0 Å². The highest BCUT2D eigenvalue weighted by molar-refractivity contribution is 7.09. The maximum absolute atomic E-state index is 13.2. The lowest BCUT2D eigenvalue weighted by molar-refractivity contribution is -0.154. The van der Waals surface area contributed by atoms with Gasteiger partial charge in [0.2, 0.25) is 0 Å². The van der Waals surface area contributed by atoms with E-state index in [4.69, 9.17) is 4.74 Å². The van der Waals surface area contributed by atoms with Gasteiger partial charge in [-0.1, -0.05) is 46.3 Å². The summed E-state index contributed by atoms with van der Waals surface area (Å²) in [6.07, 6.45) is 3.41. The third-order valence-corrected chi connectivity index (χ3v) is 8.41. The third-order valence-electron chi connectivity index (χ3n) is 7.62. The van der Waals surface area contributed by atoms with E-state index < -0.39 is 35.6 Å². The van der Waals surface area contributed by atoms with Crippen LogP contribution in [0.4, 0.5) is 0 Å². The number of hydrogen-bond acceptors (Lipinski definition) is 7. The van der Waals surface area contributed by atoms with Gasteiger partial charge in [0, 0.05) is 17.7 Å². The molecule has 7 heteroatoms. The SMILES string of the molecule is C/C1=C/C[C@@H](/C(C)=C/c2csc(C)n2)OC(=O)C[C@H](O)C(C)(C)C(=O)[C@H](C)[C@@H](O)[C@@H](C)CC[C@@H]1C. The van der Waals surface area contributed by atoms with E-state index in [0.29, 0.717) is 12.3 Å². The van der Waals surface area contributed by atoms with E-state index in [9.17, 15) is 19.8 Å². The number of ether oxygens (including phenoxy) is 1. The fraction of sp³-hybridized carbons (Fsp3) is 0.679. The number of aromatic nitrogens is 1. The number of Topliss-reactive ketones (excluding diaryl/α,β-unsaturated/α-hetero) is 1. The molecule has 0 saturated carbocycles. The first-order valence-corrected chi connectivity index (χ1v) is 13.5. The molecule has 0 fully saturated rings. The first-order chi connectivity index (χ1) is 16.2. The molecule has 1 aliphatic rings. The molecule has 0 aliphatic carbocycles. The first-order valence-electron chi connectivity index (χ1n) is 12.6. The summed E-state index contributed by atoms with van der Waals surface area (Å²) in [5.41, 5.74) is 1.70. The number of allylic oxidation sites excluding steroid dienone is 1.